The fraction of sp³-hybridized carbons (Fsp3) is 0.522. The number of aromatic nitrogens is 3. The molecule has 3 aromatic heterocycles. The first-order valence-electron chi connectivity index (χ1n) is 11.4. The van der Waals surface area contributed by atoms with Crippen molar-refractivity contribution >= 4 is 29.0 Å². The lowest BCUT2D eigenvalue weighted by atomic mass is 10.0. The molecule has 1 aliphatic rings. The molecule has 3 aromatic rings. The summed E-state index contributed by atoms with van der Waals surface area (Å²) in [7, 11) is 0. The monoisotopic (exact) mass is 491 g/mol. The molecular weight excluding hydrogens is 462 g/mol. The summed E-state index contributed by atoms with van der Waals surface area (Å²) in [4.78, 5) is 16.0. The van der Waals surface area contributed by atoms with Gasteiger partial charge in [-0.15, -0.1) is 11.3 Å². The maximum absolute atomic E-state index is 12.6. The molecule has 0 aliphatic carbocycles. The molecule has 4 heterocycles. The number of halogens is 1. The number of hydrogen-bond acceptors (Lipinski definition) is 7. The highest BCUT2D eigenvalue weighted by Crippen LogP contribution is 2.31. The van der Waals surface area contributed by atoms with Crippen LogP contribution < -0.4 is 10.1 Å². The Morgan fingerprint density at radius 3 is 2.76 bits per heavy atom. The van der Waals surface area contributed by atoms with Crippen molar-refractivity contribution in [1.82, 2.24) is 25.2 Å². The van der Waals surface area contributed by atoms with Crippen LogP contribution in [0.2, 0.25) is 4.34 Å². The van der Waals surface area contributed by atoms with E-state index in [1.165, 1.54) is 11.3 Å². The molecule has 0 spiro atoms. The van der Waals surface area contributed by atoms with E-state index in [9.17, 15) is 4.79 Å². The van der Waals surface area contributed by atoms with Crippen molar-refractivity contribution in [2.45, 2.75) is 65.1 Å². The molecule has 8 nitrogen and oxygen atoms in total. The SMILES string of the molecule is CCCc1cc(OC(=O)NC2CCN(C(C)C)CC2)n(Cc2cc(-c3ccc(Cl)s3)on2)n1. The minimum absolute atomic E-state index is 0.120. The number of rotatable bonds is 8. The second kappa shape index (κ2) is 10.7. The number of carbonyl (C=O) groups is 1. The van der Waals surface area contributed by atoms with Gasteiger partial charge in [-0.05, 0) is 45.2 Å². The lowest BCUT2D eigenvalue weighted by molar-refractivity contribution is 0.151. The lowest BCUT2D eigenvalue weighted by Gasteiger charge is -2.34. The van der Waals surface area contributed by atoms with Gasteiger partial charge in [0, 0.05) is 37.3 Å². The Balaban J connectivity index is 1.41. The zero-order chi connectivity index (χ0) is 23.4. The highest BCUT2D eigenvalue weighted by atomic mass is 35.5. The summed E-state index contributed by atoms with van der Waals surface area (Å²) in [5.74, 6) is 1.05. The van der Waals surface area contributed by atoms with E-state index in [0.717, 1.165) is 49.3 Å². The molecule has 0 saturated carbocycles. The van der Waals surface area contributed by atoms with Crippen LogP contribution in [0.3, 0.4) is 0 Å². The minimum atomic E-state index is -0.448. The Kier molecular flexibility index (Phi) is 7.72. The summed E-state index contributed by atoms with van der Waals surface area (Å²) >= 11 is 7.45. The molecule has 178 valence electrons. The number of hydrogen-bond donors (Lipinski definition) is 1. The Bertz CT molecular complexity index is 1070. The van der Waals surface area contributed by atoms with Crippen LogP contribution in [0.4, 0.5) is 4.79 Å². The number of carbonyl (C=O) groups excluding carboxylic acids is 1. The van der Waals surface area contributed by atoms with E-state index in [0.29, 0.717) is 34.3 Å². The number of likely N-dealkylation sites (tertiary alicyclic amines) is 1. The van der Waals surface area contributed by atoms with Crippen LogP contribution in [-0.2, 0) is 13.0 Å². The fourth-order valence-corrected chi connectivity index (χ4v) is 4.97. The predicted octanol–water partition coefficient (Wildman–Crippen LogP) is 5.22. The molecule has 0 unspecified atom stereocenters. The molecule has 4 rings (SSSR count). The summed E-state index contributed by atoms with van der Waals surface area (Å²) in [6.45, 7) is 8.78. The van der Waals surface area contributed by atoms with E-state index >= 15 is 0 Å². The van der Waals surface area contributed by atoms with Gasteiger partial charge in [-0.25, -0.2) is 9.48 Å². The number of ether oxygens (including phenoxy) is 1. The smallest absolute Gasteiger partial charge is 0.392 e. The van der Waals surface area contributed by atoms with Gasteiger partial charge in [-0.1, -0.05) is 30.1 Å². The molecule has 1 fully saturated rings. The van der Waals surface area contributed by atoms with Gasteiger partial charge in [0.2, 0.25) is 5.88 Å². The van der Waals surface area contributed by atoms with Crippen LogP contribution in [0.1, 0.15) is 51.4 Å². The van der Waals surface area contributed by atoms with Crippen molar-refractivity contribution < 1.29 is 14.1 Å². The Hall–Kier alpha value is -2.36. The number of piperidine rings is 1. The second-order valence-electron chi connectivity index (χ2n) is 8.61. The zero-order valence-electron chi connectivity index (χ0n) is 19.2. The number of nitrogens with zero attached hydrogens (tertiary/aromatic N) is 4. The van der Waals surface area contributed by atoms with E-state index in [1.54, 1.807) is 4.68 Å². The van der Waals surface area contributed by atoms with Gasteiger partial charge in [0.25, 0.3) is 0 Å². The number of thiophene rings is 1. The van der Waals surface area contributed by atoms with Gasteiger partial charge in [-0.3, -0.25) is 0 Å². The van der Waals surface area contributed by atoms with Gasteiger partial charge in [0.05, 0.1) is 21.5 Å². The number of amides is 1. The first-order valence-corrected chi connectivity index (χ1v) is 12.6. The van der Waals surface area contributed by atoms with Crippen LogP contribution >= 0.6 is 22.9 Å². The first kappa shape index (κ1) is 23.8. The highest BCUT2D eigenvalue weighted by Gasteiger charge is 2.23. The molecule has 1 aliphatic heterocycles. The van der Waals surface area contributed by atoms with Gasteiger partial charge < -0.3 is 19.5 Å². The quantitative estimate of drug-likeness (QED) is 0.465. The molecule has 10 heteroatoms. The van der Waals surface area contributed by atoms with Crippen molar-refractivity contribution in [1.29, 1.82) is 0 Å². The summed E-state index contributed by atoms with van der Waals surface area (Å²) in [5.41, 5.74) is 1.56. The average Bonchev–Trinajstić information content (AvgIpc) is 3.50. The van der Waals surface area contributed by atoms with E-state index in [4.69, 9.17) is 20.9 Å². The third-order valence-corrected chi connectivity index (χ3v) is 7.01. The Labute approximate surface area is 202 Å². The molecule has 1 N–H and O–H groups in total. The molecule has 0 atom stereocenters. The molecule has 0 aromatic carbocycles. The van der Waals surface area contributed by atoms with Crippen molar-refractivity contribution in [3.8, 4) is 16.5 Å². The summed E-state index contributed by atoms with van der Waals surface area (Å²) in [5, 5.41) is 11.8. The van der Waals surface area contributed by atoms with E-state index in [2.05, 4.69) is 41.2 Å². The second-order valence-corrected chi connectivity index (χ2v) is 10.3. The van der Waals surface area contributed by atoms with Gasteiger partial charge >= 0.3 is 6.09 Å². The maximum Gasteiger partial charge on any atom is 0.414 e. The van der Waals surface area contributed by atoms with Gasteiger partial charge in [0.1, 0.15) is 5.69 Å². The number of nitrogens with one attached hydrogen (secondary N) is 1. The Morgan fingerprint density at radius 1 is 1.30 bits per heavy atom. The van der Waals surface area contributed by atoms with E-state index < -0.39 is 6.09 Å². The van der Waals surface area contributed by atoms with Crippen molar-refractivity contribution in [3.05, 3.63) is 40.0 Å². The van der Waals surface area contributed by atoms with Crippen molar-refractivity contribution in [3.63, 3.8) is 0 Å². The van der Waals surface area contributed by atoms with Crippen molar-refractivity contribution in [2.75, 3.05) is 13.1 Å². The topological polar surface area (TPSA) is 85.4 Å². The van der Waals surface area contributed by atoms with Gasteiger partial charge in [-0.2, -0.15) is 5.10 Å². The first-order chi connectivity index (χ1) is 15.9. The van der Waals surface area contributed by atoms with Crippen LogP contribution in [0.25, 0.3) is 10.6 Å². The Morgan fingerprint density at radius 2 is 2.09 bits per heavy atom. The van der Waals surface area contributed by atoms with Gasteiger partial charge in [0.15, 0.2) is 5.76 Å². The standard InChI is InChI=1S/C23H30ClN5O3S/c1-4-5-17-13-22(31-23(30)25-16-8-10-28(11-9-16)15(2)3)29(26-17)14-18-12-19(32-27-18)20-6-7-21(24)33-20/h6-7,12-13,15-16H,4-5,8-11,14H2,1-3H3,(H,25,30). The predicted molar refractivity (Wildman–Crippen MR) is 129 cm³/mol. The summed E-state index contributed by atoms with van der Waals surface area (Å²) in [6, 6.07) is 8.05. The van der Waals surface area contributed by atoms with Crippen molar-refractivity contribution in [2.24, 2.45) is 0 Å². The normalized spacial score (nSPS) is 15.3. The van der Waals surface area contributed by atoms with Crippen LogP contribution in [0.15, 0.2) is 28.8 Å². The molecule has 1 saturated heterocycles. The average molecular weight is 492 g/mol. The van der Waals surface area contributed by atoms with Crippen LogP contribution in [0, 0.1) is 0 Å². The summed E-state index contributed by atoms with van der Waals surface area (Å²) in [6.07, 6.45) is 3.14. The summed E-state index contributed by atoms with van der Waals surface area (Å²) < 4.78 is 13.5. The van der Waals surface area contributed by atoms with Crippen LogP contribution in [0.5, 0.6) is 5.88 Å². The van der Waals surface area contributed by atoms with Crippen LogP contribution in [-0.4, -0.2) is 51.1 Å². The molecule has 0 radical (unpaired) electrons. The third kappa shape index (κ3) is 6.16. The van der Waals surface area contributed by atoms with E-state index in [-0.39, 0.29) is 6.04 Å². The van der Waals surface area contributed by atoms with E-state index in [1.807, 2.05) is 24.3 Å². The molecule has 33 heavy (non-hydrogen) atoms. The minimum Gasteiger partial charge on any atom is -0.392 e. The fourth-order valence-electron chi connectivity index (χ4n) is 3.98. The largest absolute Gasteiger partial charge is 0.414 e. The number of aryl methyl sites for hydroxylation is 1. The molecular formula is C23H30ClN5O3S. The highest BCUT2D eigenvalue weighted by molar-refractivity contribution is 7.19. The lowest BCUT2D eigenvalue weighted by Crippen LogP contribution is -2.47. The zero-order valence-corrected chi connectivity index (χ0v) is 20.8. The maximum atomic E-state index is 12.6. The molecule has 0 bridgehead atoms. The molecule has 1 amide bonds. The third-order valence-electron chi connectivity index (χ3n) is 5.77.